The summed E-state index contributed by atoms with van der Waals surface area (Å²) in [5.74, 6) is 0.559. The molecule has 1 amide bonds. The minimum absolute atomic E-state index is 0.0706. The van der Waals surface area contributed by atoms with Crippen molar-refractivity contribution in [1.82, 2.24) is 10.3 Å². The molecule has 2 heterocycles. The van der Waals surface area contributed by atoms with Gasteiger partial charge in [-0.05, 0) is 49.2 Å². The van der Waals surface area contributed by atoms with E-state index in [1.54, 1.807) is 6.07 Å². The fourth-order valence-corrected chi connectivity index (χ4v) is 4.08. The van der Waals surface area contributed by atoms with Gasteiger partial charge >= 0.3 is 0 Å². The maximum Gasteiger partial charge on any atom is 0.270 e. The molecule has 1 aromatic carbocycles. The van der Waals surface area contributed by atoms with Gasteiger partial charge in [0, 0.05) is 37.9 Å². The number of benzene rings is 1. The molecule has 1 aliphatic carbocycles. The van der Waals surface area contributed by atoms with E-state index in [9.17, 15) is 9.18 Å². The van der Waals surface area contributed by atoms with Crippen molar-refractivity contribution >= 4 is 17.4 Å². The second kappa shape index (κ2) is 8.59. The third-order valence-electron chi connectivity index (χ3n) is 5.70. The first-order valence-electron chi connectivity index (χ1n) is 10.2. The Morgan fingerprint density at radius 1 is 0.929 bits per heavy atom. The van der Waals surface area contributed by atoms with E-state index in [0.717, 1.165) is 50.5 Å². The molecule has 2 aliphatic rings. The standard InChI is InChI=1S/C22H27FN4O/c23-17-9-11-19(12-10-17)26-13-15-27(16-14-26)21-8-4-7-20(25-21)22(28)24-18-5-2-1-3-6-18/h4,7-12,18H,1-3,5-6,13-16H2,(H,24,28). The highest BCUT2D eigenvalue weighted by atomic mass is 19.1. The molecule has 1 aliphatic heterocycles. The summed E-state index contributed by atoms with van der Waals surface area (Å²) in [7, 11) is 0. The van der Waals surface area contributed by atoms with Crippen LogP contribution in [0.15, 0.2) is 42.5 Å². The van der Waals surface area contributed by atoms with E-state index in [1.807, 2.05) is 24.3 Å². The van der Waals surface area contributed by atoms with Crippen LogP contribution in [0.4, 0.5) is 15.9 Å². The summed E-state index contributed by atoms with van der Waals surface area (Å²) in [5.41, 5.74) is 1.53. The minimum atomic E-state index is -0.213. The largest absolute Gasteiger partial charge is 0.368 e. The van der Waals surface area contributed by atoms with Crippen LogP contribution < -0.4 is 15.1 Å². The SMILES string of the molecule is O=C(NC1CCCCC1)c1cccc(N2CCN(c3ccc(F)cc3)CC2)n1. The van der Waals surface area contributed by atoms with Crippen LogP contribution in [-0.2, 0) is 0 Å². The van der Waals surface area contributed by atoms with E-state index in [1.165, 1.54) is 31.4 Å². The zero-order valence-electron chi connectivity index (χ0n) is 16.1. The van der Waals surface area contributed by atoms with Crippen LogP contribution in [-0.4, -0.2) is 43.1 Å². The maximum absolute atomic E-state index is 13.1. The fourth-order valence-electron chi connectivity index (χ4n) is 4.08. The third-order valence-corrected chi connectivity index (χ3v) is 5.70. The lowest BCUT2D eigenvalue weighted by molar-refractivity contribution is 0.0922. The maximum atomic E-state index is 13.1. The Bertz CT molecular complexity index is 796. The van der Waals surface area contributed by atoms with Gasteiger partial charge in [-0.2, -0.15) is 0 Å². The normalized spacial score (nSPS) is 18.2. The average molecular weight is 382 g/mol. The van der Waals surface area contributed by atoms with Crippen molar-refractivity contribution in [2.45, 2.75) is 38.1 Å². The molecule has 2 fully saturated rings. The van der Waals surface area contributed by atoms with Crippen molar-refractivity contribution in [2.75, 3.05) is 36.0 Å². The van der Waals surface area contributed by atoms with Gasteiger partial charge in [0.05, 0.1) is 0 Å². The average Bonchev–Trinajstić information content (AvgIpc) is 2.75. The number of hydrogen-bond donors (Lipinski definition) is 1. The van der Waals surface area contributed by atoms with Crippen molar-refractivity contribution < 1.29 is 9.18 Å². The molecule has 6 heteroatoms. The van der Waals surface area contributed by atoms with Crippen molar-refractivity contribution in [3.63, 3.8) is 0 Å². The number of amides is 1. The Balaban J connectivity index is 1.36. The molecule has 28 heavy (non-hydrogen) atoms. The van der Waals surface area contributed by atoms with Crippen LogP contribution in [0.1, 0.15) is 42.6 Å². The molecule has 2 aromatic rings. The first kappa shape index (κ1) is 18.7. The summed E-state index contributed by atoms with van der Waals surface area (Å²) in [6.07, 6.45) is 5.78. The lowest BCUT2D eigenvalue weighted by Crippen LogP contribution is -2.47. The van der Waals surface area contributed by atoms with E-state index >= 15 is 0 Å². The highest BCUT2D eigenvalue weighted by molar-refractivity contribution is 5.92. The van der Waals surface area contributed by atoms with Gasteiger partial charge in [0.25, 0.3) is 5.91 Å². The molecule has 0 bridgehead atoms. The summed E-state index contributed by atoms with van der Waals surface area (Å²) in [5, 5.41) is 3.14. The van der Waals surface area contributed by atoms with Gasteiger partial charge in [-0.15, -0.1) is 0 Å². The summed E-state index contributed by atoms with van der Waals surface area (Å²) < 4.78 is 13.1. The number of nitrogens with one attached hydrogen (secondary N) is 1. The molecule has 0 unspecified atom stereocenters. The quantitative estimate of drug-likeness (QED) is 0.878. The number of carbonyl (C=O) groups excluding carboxylic acids is 1. The third kappa shape index (κ3) is 4.43. The van der Waals surface area contributed by atoms with Crippen molar-refractivity contribution in [2.24, 2.45) is 0 Å². The topological polar surface area (TPSA) is 48.5 Å². The molecular formula is C22H27FN4O. The van der Waals surface area contributed by atoms with Gasteiger partial charge in [-0.3, -0.25) is 4.79 Å². The van der Waals surface area contributed by atoms with Crippen molar-refractivity contribution in [3.8, 4) is 0 Å². The number of piperazine rings is 1. The van der Waals surface area contributed by atoms with E-state index in [2.05, 4.69) is 20.1 Å². The number of carbonyl (C=O) groups is 1. The summed E-state index contributed by atoms with van der Waals surface area (Å²) in [6.45, 7) is 3.31. The zero-order chi connectivity index (χ0) is 19.3. The predicted octanol–water partition coefficient (Wildman–Crippen LogP) is 3.61. The van der Waals surface area contributed by atoms with Crippen LogP contribution >= 0.6 is 0 Å². The first-order valence-corrected chi connectivity index (χ1v) is 10.2. The summed E-state index contributed by atoms with van der Waals surface area (Å²) in [6, 6.07) is 12.6. The number of halogens is 1. The summed E-state index contributed by atoms with van der Waals surface area (Å²) in [4.78, 5) is 21.6. The molecule has 148 valence electrons. The number of anilines is 2. The van der Waals surface area contributed by atoms with E-state index in [4.69, 9.17) is 0 Å². The number of hydrogen-bond acceptors (Lipinski definition) is 4. The number of nitrogens with zero attached hydrogens (tertiary/aromatic N) is 3. The highest BCUT2D eigenvalue weighted by Gasteiger charge is 2.21. The first-order chi connectivity index (χ1) is 13.7. The molecule has 1 saturated carbocycles. The Hall–Kier alpha value is -2.63. The second-order valence-electron chi connectivity index (χ2n) is 7.64. The summed E-state index contributed by atoms with van der Waals surface area (Å²) >= 11 is 0. The molecule has 0 radical (unpaired) electrons. The highest BCUT2D eigenvalue weighted by Crippen LogP contribution is 2.21. The zero-order valence-corrected chi connectivity index (χ0v) is 16.1. The minimum Gasteiger partial charge on any atom is -0.368 e. The van der Waals surface area contributed by atoms with Crippen molar-refractivity contribution in [3.05, 3.63) is 54.0 Å². The molecule has 1 aromatic heterocycles. The molecular weight excluding hydrogens is 355 g/mol. The van der Waals surface area contributed by atoms with Gasteiger partial charge in [0.15, 0.2) is 0 Å². The van der Waals surface area contributed by atoms with Crippen LogP contribution in [0, 0.1) is 5.82 Å². The van der Waals surface area contributed by atoms with E-state index in [0.29, 0.717) is 5.69 Å². The smallest absolute Gasteiger partial charge is 0.270 e. The van der Waals surface area contributed by atoms with Gasteiger partial charge in [0.1, 0.15) is 17.3 Å². The Labute approximate surface area is 165 Å². The van der Waals surface area contributed by atoms with Crippen LogP contribution in [0.3, 0.4) is 0 Å². The lowest BCUT2D eigenvalue weighted by atomic mass is 9.95. The second-order valence-corrected chi connectivity index (χ2v) is 7.64. The van der Waals surface area contributed by atoms with Crippen LogP contribution in [0.2, 0.25) is 0 Å². The molecule has 1 N–H and O–H groups in total. The molecule has 1 saturated heterocycles. The number of rotatable bonds is 4. The van der Waals surface area contributed by atoms with E-state index in [-0.39, 0.29) is 17.8 Å². The Morgan fingerprint density at radius 3 is 2.32 bits per heavy atom. The van der Waals surface area contributed by atoms with Crippen LogP contribution in [0.5, 0.6) is 0 Å². The molecule has 4 rings (SSSR count). The van der Waals surface area contributed by atoms with Crippen LogP contribution in [0.25, 0.3) is 0 Å². The lowest BCUT2D eigenvalue weighted by Gasteiger charge is -2.36. The fraction of sp³-hybridized carbons (Fsp3) is 0.455. The molecule has 0 spiro atoms. The number of pyridine rings is 1. The molecule has 5 nitrogen and oxygen atoms in total. The van der Waals surface area contributed by atoms with Gasteiger partial charge < -0.3 is 15.1 Å². The van der Waals surface area contributed by atoms with E-state index < -0.39 is 0 Å². The Kier molecular flexibility index (Phi) is 5.74. The monoisotopic (exact) mass is 382 g/mol. The van der Waals surface area contributed by atoms with Crippen molar-refractivity contribution in [1.29, 1.82) is 0 Å². The van der Waals surface area contributed by atoms with Gasteiger partial charge in [-0.1, -0.05) is 25.3 Å². The Morgan fingerprint density at radius 2 is 1.61 bits per heavy atom. The van der Waals surface area contributed by atoms with Gasteiger partial charge in [-0.25, -0.2) is 9.37 Å². The number of aromatic nitrogens is 1. The van der Waals surface area contributed by atoms with Gasteiger partial charge in [0.2, 0.25) is 0 Å². The predicted molar refractivity (Wildman–Crippen MR) is 109 cm³/mol. The molecule has 0 atom stereocenters.